The third-order valence-electron chi connectivity index (χ3n) is 1.17. The SMILES string of the molecule is CCCC(C)C([NH-])=O.[Na+]. The summed E-state index contributed by atoms with van der Waals surface area (Å²) in [5.41, 5.74) is 6.65. The van der Waals surface area contributed by atoms with E-state index in [1.807, 2.05) is 6.92 Å². The Morgan fingerprint density at radius 2 is 2.11 bits per heavy atom. The Balaban J connectivity index is 0. The van der Waals surface area contributed by atoms with Gasteiger partial charge in [-0.05, 0) is 12.3 Å². The van der Waals surface area contributed by atoms with Crippen LogP contribution in [-0.2, 0) is 4.79 Å². The molecule has 0 rings (SSSR count). The number of hydrogen-bond donors (Lipinski definition) is 0. The van der Waals surface area contributed by atoms with Crippen LogP contribution in [0.25, 0.3) is 5.73 Å². The molecule has 0 heterocycles. The fourth-order valence-electron chi connectivity index (χ4n) is 0.564. The number of carbonyl (C=O) groups is 1. The van der Waals surface area contributed by atoms with Gasteiger partial charge in [0.05, 0.1) is 5.91 Å². The summed E-state index contributed by atoms with van der Waals surface area (Å²) in [4.78, 5) is 10.2. The number of carbonyl (C=O) groups excluding carboxylic acids is 1. The predicted molar refractivity (Wildman–Crippen MR) is 33.4 cm³/mol. The zero-order chi connectivity index (χ0) is 6.57. The molecule has 48 valence electrons. The van der Waals surface area contributed by atoms with Crippen LogP contribution in [0.15, 0.2) is 0 Å². The fraction of sp³-hybridized carbons (Fsp3) is 0.833. The zero-order valence-corrected chi connectivity index (χ0v) is 8.40. The molecule has 0 aliphatic rings. The van der Waals surface area contributed by atoms with Crippen molar-refractivity contribution in [3.8, 4) is 0 Å². The molecule has 0 aliphatic carbocycles. The van der Waals surface area contributed by atoms with Crippen molar-refractivity contribution in [2.24, 2.45) is 5.92 Å². The van der Waals surface area contributed by atoms with Crippen LogP contribution >= 0.6 is 0 Å². The van der Waals surface area contributed by atoms with Crippen LogP contribution in [0.4, 0.5) is 0 Å². The minimum absolute atomic E-state index is 0. The molecule has 0 saturated carbocycles. The Morgan fingerprint density at radius 3 is 2.22 bits per heavy atom. The molecule has 0 aromatic carbocycles. The van der Waals surface area contributed by atoms with Crippen molar-refractivity contribution in [1.29, 1.82) is 0 Å². The van der Waals surface area contributed by atoms with Crippen molar-refractivity contribution in [2.45, 2.75) is 26.7 Å². The third kappa shape index (κ3) is 6.35. The summed E-state index contributed by atoms with van der Waals surface area (Å²) in [6.45, 7) is 3.80. The first-order valence-electron chi connectivity index (χ1n) is 2.94. The number of hydrogen-bond acceptors (Lipinski definition) is 1. The fourth-order valence-corrected chi connectivity index (χ4v) is 0.564. The van der Waals surface area contributed by atoms with E-state index in [1.54, 1.807) is 6.92 Å². The summed E-state index contributed by atoms with van der Waals surface area (Å²) in [6.07, 6.45) is 1.84. The number of amides is 1. The van der Waals surface area contributed by atoms with Crippen molar-refractivity contribution >= 4 is 5.91 Å². The maximum atomic E-state index is 10.2. The molecule has 0 spiro atoms. The molecule has 0 aromatic heterocycles. The normalized spacial score (nSPS) is 11.8. The molecule has 0 bridgehead atoms. The van der Waals surface area contributed by atoms with Crippen molar-refractivity contribution in [1.82, 2.24) is 0 Å². The standard InChI is InChI=1S/C6H13NO.Na/c1-3-4-5(2)6(7)8;/h5H,3-4H2,1-2H3,(H2,7,8);/q;+1/p-1. The molecule has 2 nitrogen and oxygen atoms in total. The van der Waals surface area contributed by atoms with Crippen molar-refractivity contribution in [3.63, 3.8) is 0 Å². The largest absolute Gasteiger partial charge is 1.00 e. The summed E-state index contributed by atoms with van der Waals surface area (Å²) >= 11 is 0. The van der Waals surface area contributed by atoms with Gasteiger partial charge in [-0.15, -0.1) is 0 Å². The van der Waals surface area contributed by atoms with Crippen LogP contribution in [0.5, 0.6) is 0 Å². The van der Waals surface area contributed by atoms with Crippen LogP contribution in [0.2, 0.25) is 0 Å². The van der Waals surface area contributed by atoms with E-state index in [0.717, 1.165) is 12.8 Å². The third-order valence-corrected chi connectivity index (χ3v) is 1.17. The summed E-state index contributed by atoms with van der Waals surface area (Å²) in [7, 11) is 0. The van der Waals surface area contributed by atoms with Gasteiger partial charge < -0.3 is 10.5 Å². The second-order valence-corrected chi connectivity index (χ2v) is 2.05. The predicted octanol–water partition coefficient (Wildman–Crippen LogP) is -0.995. The van der Waals surface area contributed by atoms with Crippen LogP contribution in [0.1, 0.15) is 26.7 Å². The van der Waals surface area contributed by atoms with E-state index in [1.165, 1.54) is 0 Å². The summed E-state index contributed by atoms with van der Waals surface area (Å²) < 4.78 is 0. The quantitative estimate of drug-likeness (QED) is 0.460. The summed E-state index contributed by atoms with van der Waals surface area (Å²) in [6, 6.07) is 0. The first kappa shape index (κ1) is 12.2. The van der Waals surface area contributed by atoms with Crippen LogP contribution in [0, 0.1) is 5.92 Å². The van der Waals surface area contributed by atoms with E-state index in [-0.39, 0.29) is 35.5 Å². The molecule has 0 saturated heterocycles. The van der Waals surface area contributed by atoms with E-state index < -0.39 is 5.91 Å². The van der Waals surface area contributed by atoms with Gasteiger partial charge in [0.25, 0.3) is 0 Å². The van der Waals surface area contributed by atoms with Gasteiger partial charge in [-0.25, -0.2) is 0 Å². The second-order valence-electron chi connectivity index (χ2n) is 2.05. The molecule has 0 fully saturated rings. The molecule has 1 amide bonds. The second kappa shape index (κ2) is 6.59. The molecule has 0 aromatic rings. The topological polar surface area (TPSA) is 40.9 Å². The molecular weight excluding hydrogens is 125 g/mol. The van der Waals surface area contributed by atoms with E-state index in [0.29, 0.717) is 0 Å². The van der Waals surface area contributed by atoms with E-state index >= 15 is 0 Å². The molecule has 1 N–H and O–H groups in total. The first-order chi connectivity index (χ1) is 3.68. The Hall–Kier alpha value is 0.470. The van der Waals surface area contributed by atoms with Gasteiger partial charge in [0.1, 0.15) is 0 Å². The van der Waals surface area contributed by atoms with Crippen LogP contribution in [0.3, 0.4) is 0 Å². The average Bonchev–Trinajstić information content (AvgIpc) is 1.67. The molecule has 3 heteroatoms. The maximum absolute atomic E-state index is 10.2. The van der Waals surface area contributed by atoms with Gasteiger partial charge in [-0.2, -0.15) is 0 Å². The minimum Gasteiger partial charge on any atom is -0.668 e. The first-order valence-corrected chi connectivity index (χ1v) is 2.94. The maximum Gasteiger partial charge on any atom is 1.00 e. The summed E-state index contributed by atoms with van der Waals surface area (Å²) in [5, 5.41) is 0. The molecular formula is C6H12NNaO. The van der Waals surface area contributed by atoms with Crippen LogP contribution < -0.4 is 29.6 Å². The average molecular weight is 137 g/mol. The van der Waals surface area contributed by atoms with E-state index in [4.69, 9.17) is 5.73 Å². The Kier molecular flexibility index (Phi) is 8.91. The molecule has 1 unspecified atom stereocenters. The van der Waals surface area contributed by atoms with E-state index in [9.17, 15) is 4.79 Å². The number of rotatable bonds is 3. The van der Waals surface area contributed by atoms with Crippen LogP contribution in [-0.4, -0.2) is 5.91 Å². The smallest absolute Gasteiger partial charge is 0.668 e. The summed E-state index contributed by atoms with van der Waals surface area (Å²) in [5.74, 6) is -0.494. The molecule has 1 atom stereocenters. The van der Waals surface area contributed by atoms with Gasteiger partial charge in [0.15, 0.2) is 0 Å². The number of nitrogens with one attached hydrogen (secondary N) is 1. The van der Waals surface area contributed by atoms with Gasteiger partial charge in [-0.1, -0.05) is 20.3 Å². The van der Waals surface area contributed by atoms with Gasteiger partial charge in [0, 0.05) is 0 Å². The zero-order valence-electron chi connectivity index (χ0n) is 6.40. The Bertz CT molecular complexity index is 85.1. The van der Waals surface area contributed by atoms with Crippen molar-refractivity contribution in [3.05, 3.63) is 5.73 Å². The van der Waals surface area contributed by atoms with Gasteiger partial charge >= 0.3 is 29.6 Å². The monoisotopic (exact) mass is 137 g/mol. The van der Waals surface area contributed by atoms with Gasteiger partial charge in [-0.3, -0.25) is 0 Å². The van der Waals surface area contributed by atoms with Crippen molar-refractivity contribution in [2.75, 3.05) is 0 Å². The van der Waals surface area contributed by atoms with Gasteiger partial charge in [0.2, 0.25) is 0 Å². The molecule has 9 heavy (non-hydrogen) atoms. The minimum atomic E-state index is -0.438. The molecule has 0 aliphatic heterocycles. The van der Waals surface area contributed by atoms with E-state index in [2.05, 4.69) is 0 Å². The van der Waals surface area contributed by atoms with Crippen molar-refractivity contribution < 1.29 is 34.4 Å². The Labute approximate surface area is 78.5 Å². The molecule has 0 radical (unpaired) electrons. The Morgan fingerprint density at radius 1 is 1.67 bits per heavy atom.